The average Bonchev–Trinajstić information content (AvgIpc) is 3.08. The predicted molar refractivity (Wildman–Crippen MR) is 247 cm³/mol. The van der Waals surface area contributed by atoms with Crippen molar-refractivity contribution in [3.05, 3.63) is 0 Å². The van der Waals surface area contributed by atoms with Gasteiger partial charge >= 0.3 is 43.8 Å². The van der Waals surface area contributed by atoms with Crippen molar-refractivity contribution < 1.29 is 52.5 Å². The van der Waals surface area contributed by atoms with Crippen molar-refractivity contribution in [2.75, 3.05) is 66.1 Å². The molecule has 0 aromatic carbocycles. The summed E-state index contributed by atoms with van der Waals surface area (Å²) in [5, 5.41) is 0. The Morgan fingerprint density at radius 3 is 0.800 bits per heavy atom. The average molecular weight is 950 g/mol. The van der Waals surface area contributed by atoms with E-state index in [9.17, 15) is 0 Å². The highest BCUT2D eigenvalue weighted by atomic mass is 32.2. The predicted octanol–water partition coefficient (Wildman–Crippen LogP) is 9.15. The fourth-order valence-electron chi connectivity index (χ4n) is 6.41. The molecule has 0 unspecified atom stereocenters. The smallest absolute Gasteiger partial charge is 0.394 e. The molecule has 332 valence electrons. The van der Waals surface area contributed by atoms with Gasteiger partial charge in [0.2, 0.25) is 0 Å². The summed E-state index contributed by atoms with van der Waals surface area (Å²) in [6, 6.07) is 1.29. The van der Waals surface area contributed by atoms with E-state index in [4.69, 9.17) is 103 Å². The van der Waals surface area contributed by atoms with Gasteiger partial charge in [0.05, 0.1) is 0 Å². The van der Waals surface area contributed by atoms with Crippen LogP contribution in [0.3, 0.4) is 0 Å². The first-order valence-electron chi connectivity index (χ1n) is 20.6. The molecule has 0 fully saturated rings. The molecular weight excluding hydrogens is 869 g/mol. The Labute approximate surface area is 363 Å². The van der Waals surface area contributed by atoms with E-state index in [2.05, 4.69) is 0 Å². The van der Waals surface area contributed by atoms with Gasteiger partial charge in [0.25, 0.3) is 0 Å². The van der Waals surface area contributed by atoms with Gasteiger partial charge < -0.3 is 52.5 Å². The molecule has 0 spiro atoms. The van der Waals surface area contributed by atoms with E-state index >= 15 is 0 Å². The Morgan fingerprint density at radius 2 is 0.582 bits per heavy atom. The van der Waals surface area contributed by atoms with E-state index in [1.807, 2.05) is 82.3 Å². The quantitative estimate of drug-likeness (QED) is 0.0205. The summed E-state index contributed by atoms with van der Waals surface area (Å²) in [5.74, 6) is 0. The van der Waals surface area contributed by atoms with Crippen LogP contribution in [0.5, 0.6) is 0 Å². The van der Waals surface area contributed by atoms with E-state index in [-0.39, 0.29) is 0 Å². The molecule has 12 nitrogen and oxygen atoms in total. The third kappa shape index (κ3) is 19.3. The molecule has 0 N–H and O–H groups in total. The van der Waals surface area contributed by atoms with E-state index in [1.165, 1.54) is 0 Å². The third-order valence-corrected chi connectivity index (χ3v) is 30.2. The fourth-order valence-corrected chi connectivity index (χ4v) is 26.7. The molecular formula is C34H80O12S4Si5. The summed E-state index contributed by atoms with van der Waals surface area (Å²) < 4.78 is 74.6. The second kappa shape index (κ2) is 29.3. The topological polar surface area (TPSA) is 111 Å². The number of thiol groups is 4. The molecule has 0 saturated heterocycles. The molecule has 55 heavy (non-hydrogen) atoms. The molecule has 0 aliphatic heterocycles. The molecule has 0 saturated carbocycles. The Kier molecular flexibility index (Phi) is 30.4. The van der Waals surface area contributed by atoms with Crippen LogP contribution in [-0.4, -0.2) is 117 Å². The van der Waals surface area contributed by atoms with Crippen LogP contribution < -0.4 is 0 Å². The minimum Gasteiger partial charge on any atom is -0.394 e. The molecule has 0 heterocycles. The maximum absolute atomic E-state index is 6.98. The van der Waals surface area contributed by atoms with Gasteiger partial charge in [-0.05, 0) is 108 Å². The van der Waals surface area contributed by atoms with Gasteiger partial charge in [-0.2, -0.15) is 50.5 Å². The van der Waals surface area contributed by atoms with Crippen LogP contribution >= 0.6 is 50.5 Å². The van der Waals surface area contributed by atoms with E-state index < -0.39 is 51.2 Å². The number of hydrogen-bond acceptors (Lipinski definition) is 16. The SMILES string of the molecule is CCO[Si](CCCCCC(S)(S)[Si](OCC)(OCC)OCC)(OCC)O[Si](C)(C)O[Si](CCCCCC(S)(S)[Si](OCC)(OCC)OCC)(OCC)OCC. The molecule has 0 aliphatic rings. The summed E-state index contributed by atoms with van der Waals surface area (Å²) in [6.07, 6.45) is 6.43. The van der Waals surface area contributed by atoms with Crippen LogP contribution in [0.4, 0.5) is 0 Å². The van der Waals surface area contributed by atoms with Gasteiger partial charge in [0, 0.05) is 78.2 Å². The lowest BCUT2D eigenvalue weighted by molar-refractivity contribution is 0.0651. The lowest BCUT2D eigenvalue weighted by atomic mass is 10.2. The number of hydrogen-bond donors (Lipinski definition) is 4. The Morgan fingerprint density at radius 1 is 0.345 bits per heavy atom. The maximum atomic E-state index is 6.98. The first kappa shape index (κ1) is 57.0. The van der Waals surface area contributed by atoms with Crippen LogP contribution in [0.2, 0.25) is 25.2 Å². The van der Waals surface area contributed by atoms with Crippen molar-refractivity contribution in [2.24, 2.45) is 0 Å². The minimum absolute atomic E-state index is 0.467. The maximum Gasteiger partial charge on any atom is 0.527 e. The summed E-state index contributed by atoms with van der Waals surface area (Å²) in [7, 11) is -15.5. The summed E-state index contributed by atoms with van der Waals surface area (Å²) >= 11 is 19.8. The zero-order chi connectivity index (χ0) is 42.1. The highest BCUT2D eigenvalue weighted by molar-refractivity contribution is 8.03. The van der Waals surface area contributed by atoms with Crippen LogP contribution in [-0.2, 0) is 52.5 Å². The van der Waals surface area contributed by atoms with Gasteiger partial charge in [-0.3, -0.25) is 0 Å². The lowest BCUT2D eigenvalue weighted by Crippen LogP contribution is -2.60. The molecule has 0 rings (SSSR count). The molecule has 0 radical (unpaired) electrons. The standard InChI is InChI=1S/C34H80O12S4Si5/c1-13-35-52(36-14-2,31-27-23-25-29-33(47,48)54(39-17-5,40-18-6)41-19-7)45-51(11,12)46-53(37-15-3,38-16-4)32-28-24-26-30-34(49,50)55(42-20-8,43-21-9)44-22-10/h47-50H,13-32H2,1-12H3. The number of unbranched alkanes of at least 4 members (excludes halogenated alkanes) is 4. The third-order valence-electron chi connectivity index (χ3n) is 8.26. The van der Waals surface area contributed by atoms with Crippen molar-refractivity contribution >= 4 is 94.3 Å². The largest absolute Gasteiger partial charge is 0.527 e. The summed E-state index contributed by atoms with van der Waals surface area (Å²) in [5.41, 5.74) is 0. The van der Waals surface area contributed by atoms with Gasteiger partial charge in [0.1, 0.15) is 7.40 Å². The summed E-state index contributed by atoms with van der Waals surface area (Å²) in [6.45, 7) is 28.3. The second-order valence-electron chi connectivity index (χ2n) is 13.2. The molecule has 0 atom stereocenters. The van der Waals surface area contributed by atoms with Crippen molar-refractivity contribution in [1.29, 1.82) is 0 Å². The highest BCUT2D eigenvalue weighted by Crippen LogP contribution is 2.41. The first-order valence-corrected chi connectivity index (χ1v) is 32.5. The molecule has 0 aliphatic carbocycles. The van der Waals surface area contributed by atoms with Crippen molar-refractivity contribution in [3.63, 3.8) is 0 Å². The monoisotopic (exact) mass is 948 g/mol. The van der Waals surface area contributed by atoms with Crippen molar-refractivity contribution in [3.8, 4) is 0 Å². The lowest BCUT2D eigenvalue weighted by Gasteiger charge is -2.41. The minimum atomic E-state index is -3.16. The number of rotatable bonds is 38. The van der Waals surface area contributed by atoms with E-state index in [0.29, 0.717) is 91.0 Å². The Hall–Kier alpha value is 2.00. The Bertz CT molecular complexity index is 863. The molecule has 21 heteroatoms. The van der Waals surface area contributed by atoms with E-state index in [1.54, 1.807) is 0 Å². The zero-order valence-electron chi connectivity index (χ0n) is 36.3. The normalized spacial score (nSPS) is 14.0. The summed E-state index contributed by atoms with van der Waals surface area (Å²) in [4.78, 5) is 0. The van der Waals surface area contributed by atoms with E-state index in [0.717, 1.165) is 38.5 Å². The van der Waals surface area contributed by atoms with Gasteiger partial charge in [-0.1, -0.05) is 25.7 Å². The molecule has 0 bridgehead atoms. The Balaban J connectivity index is 5.86. The first-order chi connectivity index (χ1) is 25.9. The van der Waals surface area contributed by atoms with Crippen LogP contribution in [0.25, 0.3) is 0 Å². The van der Waals surface area contributed by atoms with Crippen LogP contribution in [0.15, 0.2) is 0 Å². The molecule has 0 aromatic rings. The zero-order valence-corrected chi connectivity index (χ0v) is 44.9. The van der Waals surface area contributed by atoms with Crippen LogP contribution in [0, 0.1) is 0 Å². The van der Waals surface area contributed by atoms with Crippen molar-refractivity contribution in [2.45, 2.75) is 153 Å². The second-order valence-corrected chi connectivity index (χ2v) is 33.6. The van der Waals surface area contributed by atoms with Crippen molar-refractivity contribution in [1.82, 2.24) is 0 Å². The van der Waals surface area contributed by atoms with Gasteiger partial charge in [-0.15, -0.1) is 0 Å². The molecule has 0 aromatic heterocycles. The van der Waals surface area contributed by atoms with Gasteiger partial charge in [0.15, 0.2) is 0 Å². The van der Waals surface area contributed by atoms with Crippen LogP contribution in [0.1, 0.15) is 121 Å². The fraction of sp³-hybridized carbons (Fsp3) is 1.00. The molecule has 0 amide bonds. The van der Waals surface area contributed by atoms with Gasteiger partial charge in [-0.25, -0.2) is 0 Å². The highest BCUT2D eigenvalue weighted by Gasteiger charge is 2.58.